The zero-order valence-electron chi connectivity index (χ0n) is 59.7. The Bertz CT molecular complexity index is 2970. The van der Waals surface area contributed by atoms with Crippen LogP contribution in [0.4, 0.5) is 4.79 Å². The molecule has 15 atom stereocenters. The molecule has 2 rings (SSSR count). The number of aliphatic hydroxyl groups excluding tert-OH is 4. The third kappa shape index (κ3) is 30.1. The maximum absolute atomic E-state index is 15.7. The zero-order valence-corrected chi connectivity index (χ0v) is 59.7. The SMILES string of the molecule is CC[C@H](C)[C@@H]1NC(=O)[C@@H](CCCNC(=N)N)NC(=O)[C@H](CC(C)C)NC(=O)[C@H]([C@H](O)C(C)C)NC(=O)[C@@H](NC(=O)[C@H](CC(C)(C)C)NC(=O)[C@@H](CC(C)(C)C)NC(=O)OC(C)(C)C)[C@@H](c2ccccc2)NC(=O)[C@H](CO)NC(=O)[C@H]([C@H](O)C(N)=O)NC(=O)CNC(=O)[C@H]([C@H](C)O)NC1=O. The van der Waals surface area contributed by atoms with Crippen molar-refractivity contribution in [1.29, 1.82) is 5.41 Å². The maximum Gasteiger partial charge on any atom is 0.408 e. The summed E-state index contributed by atoms with van der Waals surface area (Å²) in [6.07, 6.45) is -7.35. The third-order valence-corrected chi connectivity index (χ3v) is 15.5. The number of carbonyl (C=O) groups excluding carboxylic acids is 13. The van der Waals surface area contributed by atoms with Crippen molar-refractivity contribution in [3.63, 3.8) is 0 Å². The highest BCUT2D eigenvalue weighted by Crippen LogP contribution is 2.26. The molecule has 34 heteroatoms. The van der Waals surface area contributed by atoms with Crippen molar-refractivity contribution >= 4 is 82.9 Å². The second kappa shape index (κ2) is 39.1. The minimum absolute atomic E-state index is 0.00304. The van der Waals surface area contributed by atoms with Crippen LogP contribution >= 0.6 is 0 Å². The lowest BCUT2D eigenvalue weighted by Gasteiger charge is -2.35. The first-order valence-electron chi connectivity index (χ1n) is 33.1. The Balaban J connectivity index is 3.21. The average Bonchev–Trinajstić information content (AvgIpc) is 0.814. The van der Waals surface area contributed by atoms with E-state index < -0.39 is 215 Å². The first-order valence-corrected chi connectivity index (χ1v) is 33.1. The fourth-order valence-corrected chi connectivity index (χ4v) is 10.2. The molecule has 0 saturated carbocycles. The van der Waals surface area contributed by atoms with Gasteiger partial charge in [-0.1, -0.05) is 120 Å². The van der Waals surface area contributed by atoms with E-state index in [1.807, 2.05) is 5.32 Å². The summed E-state index contributed by atoms with van der Waals surface area (Å²) in [5, 5.41) is 84.2. The van der Waals surface area contributed by atoms with Gasteiger partial charge in [0.05, 0.1) is 31.4 Å². The van der Waals surface area contributed by atoms with Crippen LogP contribution in [0, 0.1) is 34.0 Å². The highest BCUT2D eigenvalue weighted by atomic mass is 16.6. The van der Waals surface area contributed by atoms with Gasteiger partial charge in [0, 0.05) is 6.54 Å². The summed E-state index contributed by atoms with van der Waals surface area (Å²) in [4.78, 5) is 186. The molecule has 34 nitrogen and oxygen atoms in total. The maximum atomic E-state index is 15.7. The minimum Gasteiger partial charge on any atom is -0.444 e. The van der Waals surface area contributed by atoms with Gasteiger partial charge >= 0.3 is 6.09 Å². The van der Waals surface area contributed by atoms with Crippen LogP contribution in [0.2, 0.25) is 0 Å². The van der Waals surface area contributed by atoms with Gasteiger partial charge in [0.2, 0.25) is 70.9 Å². The predicted octanol–water partition coefficient (Wildman–Crippen LogP) is -3.31. The van der Waals surface area contributed by atoms with Gasteiger partial charge in [-0.05, 0) is 93.9 Å². The smallest absolute Gasteiger partial charge is 0.408 e. The zero-order chi connectivity index (χ0) is 75.8. The van der Waals surface area contributed by atoms with E-state index in [0.29, 0.717) is 0 Å². The van der Waals surface area contributed by atoms with E-state index in [4.69, 9.17) is 21.6 Å². The number of rotatable bonds is 22. The van der Waals surface area contributed by atoms with Crippen molar-refractivity contribution in [2.24, 2.45) is 40.1 Å². The fraction of sp³-hybridized carbons (Fsp3) is 0.692. The van der Waals surface area contributed by atoms with Crippen molar-refractivity contribution < 1.29 is 87.5 Å². The van der Waals surface area contributed by atoms with E-state index in [1.54, 1.807) is 90.0 Å². The lowest BCUT2D eigenvalue weighted by atomic mass is 9.86. The first-order chi connectivity index (χ1) is 45.7. The highest BCUT2D eigenvalue weighted by molar-refractivity contribution is 6.01. The van der Waals surface area contributed by atoms with Gasteiger partial charge in [-0.3, -0.25) is 62.9 Å². The lowest BCUT2D eigenvalue weighted by Crippen LogP contribution is -2.65. The average molecular weight is 1400 g/mol. The van der Waals surface area contributed by atoms with Crippen LogP contribution in [-0.4, -0.2) is 207 Å². The number of aliphatic hydroxyl groups is 4. The van der Waals surface area contributed by atoms with Crippen molar-refractivity contribution in [3.05, 3.63) is 35.9 Å². The highest BCUT2D eigenvalue weighted by Gasteiger charge is 2.44. The topological polar surface area (TPSA) is 544 Å². The summed E-state index contributed by atoms with van der Waals surface area (Å²) in [5.74, 6) is -17.0. The largest absolute Gasteiger partial charge is 0.444 e. The number of nitrogens with one attached hydrogen (secondary N) is 14. The number of guanidine groups is 1. The van der Waals surface area contributed by atoms with Crippen molar-refractivity contribution in [2.45, 2.75) is 240 Å². The summed E-state index contributed by atoms with van der Waals surface area (Å²) >= 11 is 0. The molecule has 99 heavy (non-hydrogen) atoms. The van der Waals surface area contributed by atoms with Crippen LogP contribution < -0.4 is 80.6 Å². The summed E-state index contributed by atoms with van der Waals surface area (Å²) in [6, 6.07) is -12.9. The molecule has 1 aromatic rings. The Hall–Kier alpha value is -8.76. The molecule has 1 aliphatic rings. The normalized spacial score (nSPS) is 23.9. The van der Waals surface area contributed by atoms with Gasteiger partial charge in [-0.25, -0.2) is 4.79 Å². The number of nitrogens with two attached hydrogens (primary N) is 2. The van der Waals surface area contributed by atoms with Gasteiger partial charge in [0.25, 0.3) is 0 Å². The summed E-state index contributed by atoms with van der Waals surface area (Å²) in [6.45, 7) is 23.7. The Kier molecular flexibility index (Phi) is 34.1. The molecule has 0 aromatic heterocycles. The molecule has 1 heterocycles. The van der Waals surface area contributed by atoms with Gasteiger partial charge in [-0.2, -0.15) is 0 Å². The Labute approximate surface area is 578 Å². The Morgan fingerprint density at radius 3 is 1.63 bits per heavy atom. The quantitative estimate of drug-likeness (QED) is 0.0307. The monoisotopic (exact) mass is 1400 g/mol. The number of hydrogen-bond acceptors (Lipinski definition) is 19. The molecular formula is C65H110N16O18. The van der Waals surface area contributed by atoms with Crippen LogP contribution in [0.5, 0.6) is 0 Å². The van der Waals surface area contributed by atoms with E-state index in [1.165, 1.54) is 44.2 Å². The summed E-state index contributed by atoms with van der Waals surface area (Å²) < 4.78 is 5.47. The second-order valence-electron chi connectivity index (χ2n) is 29.1. The molecular weight excluding hydrogens is 1290 g/mol. The number of hydrogen-bond donors (Lipinski definition) is 20. The van der Waals surface area contributed by atoms with E-state index in [9.17, 15) is 68.4 Å². The standard InChI is InChI=1S/C65H110N16O18/c1-17-33(6)42-57(94)78-43(34(7)83)56(93)70-29-41(84)76-47(49(86)50(66)87)60(97)74-40(30-82)55(92)79-44(35-22-19-18-20-23-35)45(80-54(91)38(27-63(8,9)10)73-53(90)39(28-64(11,12)13)75-62(98)99-65(14,15)16)58(95)81-46(48(85)32(4)5)59(96)72-37(26-31(2)3)52(89)71-36(51(88)77-42)24-21-25-69-61(67)68/h18-20,22-23,31-34,36-40,42-49,82-83,85-86H,17,21,24-30H2,1-16H3,(H2,66,87)(H,70,93)(H,71,89)(H,72,96)(H,73,90)(H,74,97)(H,75,98)(H,76,84)(H,77,88)(H,78,94)(H,79,92)(H,80,91)(H,81,95)(H4,67,68,69)/t33-,34-,36+,37-,38-,39+,40-,42-,43-,44+,45-,46-,47-,48+,49-/m0/s1. The lowest BCUT2D eigenvalue weighted by molar-refractivity contribution is -0.140. The molecule has 1 saturated heterocycles. The Morgan fingerprint density at radius 2 is 1.12 bits per heavy atom. The second-order valence-corrected chi connectivity index (χ2v) is 29.1. The number of amides is 13. The summed E-state index contributed by atoms with van der Waals surface area (Å²) in [5.41, 5.74) is 8.45. The molecule has 0 radical (unpaired) electrons. The van der Waals surface area contributed by atoms with Crippen LogP contribution in [-0.2, 0) is 62.3 Å². The van der Waals surface area contributed by atoms with E-state index in [-0.39, 0.29) is 50.6 Å². The molecule has 0 unspecified atom stereocenters. The van der Waals surface area contributed by atoms with Crippen LogP contribution in [0.15, 0.2) is 30.3 Å². The minimum atomic E-state index is -2.58. The molecule has 22 N–H and O–H groups in total. The van der Waals surface area contributed by atoms with E-state index in [2.05, 4.69) is 63.8 Å². The number of carbonyl (C=O) groups is 13. The van der Waals surface area contributed by atoms with Crippen molar-refractivity contribution in [2.75, 3.05) is 19.7 Å². The van der Waals surface area contributed by atoms with Gasteiger partial charge in [0.1, 0.15) is 66.0 Å². The molecule has 0 bridgehead atoms. The Morgan fingerprint density at radius 1 is 0.616 bits per heavy atom. The van der Waals surface area contributed by atoms with Crippen molar-refractivity contribution in [1.82, 2.24) is 69.1 Å². The molecule has 1 fully saturated rings. The van der Waals surface area contributed by atoms with Gasteiger partial charge in [-0.15, -0.1) is 0 Å². The summed E-state index contributed by atoms with van der Waals surface area (Å²) in [7, 11) is 0. The van der Waals surface area contributed by atoms with Crippen molar-refractivity contribution in [3.8, 4) is 0 Å². The van der Waals surface area contributed by atoms with Gasteiger partial charge in [0.15, 0.2) is 12.1 Å². The number of primary amides is 1. The predicted molar refractivity (Wildman–Crippen MR) is 362 cm³/mol. The third-order valence-electron chi connectivity index (χ3n) is 15.5. The molecule has 1 aliphatic heterocycles. The number of alkyl carbamates (subject to hydrolysis) is 1. The first kappa shape index (κ1) is 86.3. The van der Waals surface area contributed by atoms with Gasteiger partial charge < -0.3 is 106 Å². The van der Waals surface area contributed by atoms with E-state index >= 15 is 14.4 Å². The molecule has 13 amide bonds. The van der Waals surface area contributed by atoms with Crippen LogP contribution in [0.3, 0.4) is 0 Å². The van der Waals surface area contributed by atoms with Crippen LogP contribution in [0.1, 0.15) is 161 Å². The number of ether oxygens (including phenoxy) is 1. The molecule has 0 aliphatic carbocycles. The fourth-order valence-electron chi connectivity index (χ4n) is 10.2. The molecule has 558 valence electrons. The van der Waals surface area contributed by atoms with E-state index in [0.717, 1.165) is 6.92 Å². The molecule has 1 aromatic carbocycles. The van der Waals surface area contributed by atoms with Crippen LogP contribution in [0.25, 0.3) is 0 Å². The number of benzene rings is 1. The molecule has 0 spiro atoms.